The van der Waals surface area contributed by atoms with Crippen LogP contribution in [0.1, 0.15) is 69.0 Å². The summed E-state index contributed by atoms with van der Waals surface area (Å²) in [5.41, 5.74) is 0.927. The lowest BCUT2D eigenvalue weighted by Gasteiger charge is -2.36. The fourth-order valence-electron chi connectivity index (χ4n) is 3.65. The van der Waals surface area contributed by atoms with Crippen molar-refractivity contribution in [1.29, 1.82) is 0 Å². The summed E-state index contributed by atoms with van der Waals surface area (Å²) in [6, 6.07) is 0.361. The Balaban J connectivity index is 1.53. The number of aromatic nitrogens is 1. The van der Waals surface area contributed by atoms with Gasteiger partial charge in [0.25, 0.3) is 0 Å². The van der Waals surface area contributed by atoms with Gasteiger partial charge >= 0.3 is 0 Å². The van der Waals surface area contributed by atoms with Crippen molar-refractivity contribution in [2.24, 2.45) is 5.92 Å². The molecule has 1 saturated heterocycles. The van der Waals surface area contributed by atoms with Gasteiger partial charge < -0.3 is 10.2 Å². The highest BCUT2D eigenvalue weighted by molar-refractivity contribution is 7.09. The van der Waals surface area contributed by atoms with Gasteiger partial charge in [-0.3, -0.25) is 9.59 Å². The number of hydrogen-bond acceptors (Lipinski definition) is 4. The van der Waals surface area contributed by atoms with E-state index in [0.29, 0.717) is 37.9 Å². The van der Waals surface area contributed by atoms with Crippen molar-refractivity contribution in [3.8, 4) is 0 Å². The van der Waals surface area contributed by atoms with E-state index in [2.05, 4.69) is 24.1 Å². The Morgan fingerprint density at radius 3 is 2.79 bits per heavy atom. The molecule has 6 heteroatoms. The molecule has 2 aliphatic rings. The second-order valence-corrected chi connectivity index (χ2v) is 8.16. The molecule has 1 N–H and O–H groups in total. The Labute approximate surface area is 147 Å². The number of hydrogen-bond donors (Lipinski definition) is 1. The average molecular weight is 350 g/mol. The molecule has 1 aromatic heterocycles. The molecule has 2 heterocycles. The SMILES string of the molecule is CC(C)c1nc(CNC(=O)C2CCC(=O)N(C3CCCC3)C2)cs1. The summed E-state index contributed by atoms with van der Waals surface area (Å²) < 4.78 is 0. The molecule has 1 aliphatic heterocycles. The lowest BCUT2D eigenvalue weighted by molar-refractivity contribution is -0.140. The van der Waals surface area contributed by atoms with Crippen molar-refractivity contribution in [3.63, 3.8) is 0 Å². The number of thiazole rings is 1. The van der Waals surface area contributed by atoms with Crippen LogP contribution in [0.2, 0.25) is 0 Å². The molecule has 3 rings (SSSR count). The zero-order valence-electron chi connectivity index (χ0n) is 14.6. The number of carbonyl (C=O) groups excluding carboxylic acids is 2. The van der Waals surface area contributed by atoms with E-state index in [0.717, 1.165) is 23.5 Å². The van der Waals surface area contributed by atoms with Gasteiger partial charge in [-0.05, 0) is 19.3 Å². The monoisotopic (exact) mass is 349 g/mol. The smallest absolute Gasteiger partial charge is 0.225 e. The molecule has 1 aromatic rings. The van der Waals surface area contributed by atoms with Crippen LogP contribution >= 0.6 is 11.3 Å². The van der Waals surface area contributed by atoms with Gasteiger partial charge in [-0.2, -0.15) is 0 Å². The Kier molecular flexibility index (Phi) is 5.54. The van der Waals surface area contributed by atoms with Gasteiger partial charge in [0.15, 0.2) is 0 Å². The molecule has 1 aliphatic carbocycles. The van der Waals surface area contributed by atoms with E-state index in [1.807, 2.05) is 10.3 Å². The van der Waals surface area contributed by atoms with E-state index in [-0.39, 0.29) is 17.7 Å². The number of likely N-dealkylation sites (tertiary alicyclic amines) is 1. The lowest BCUT2D eigenvalue weighted by Crippen LogP contribution is -2.49. The molecule has 1 saturated carbocycles. The molecule has 2 amide bonds. The molecule has 5 nitrogen and oxygen atoms in total. The van der Waals surface area contributed by atoms with E-state index in [4.69, 9.17) is 0 Å². The Hall–Kier alpha value is -1.43. The van der Waals surface area contributed by atoms with Crippen molar-refractivity contribution < 1.29 is 9.59 Å². The maximum atomic E-state index is 12.5. The zero-order valence-corrected chi connectivity index (χ0v) is 15.4. The van der Waals surface area contributed by atoms with Crippen LogP contribution in [-0.4, -0.2) is 34.3 Å². The Morgan fingerprint density at radius 2 is 2.12 bits per heavy atom. The molecule has 1 unspecified atom stereocenters. The van der Waals surface area contributed by atoms with Crippen molar-refractivity contribution in [2.75, 3.05) is 6.54 Å². The van der Waals surface area contributed by atoms with E-state index in [1.165, 1.54) is 12.8 Å². The number of nitrogens with zero attached hydrogens (tertiary/aromatic N) is 2. The molecule has 24 heavy (non-hydrogen) atoms. The van der Waals surface area contributed by atoms with Crippen molar-refractivity contribution >= 4 is 23.2 Å². The topological polar surface area (TPSA) is 62.3 Å². The fourth-order valence-corrected chi connectivity index (χ4v) is 4.48. The van der Waals surface area contributed by atoms with Gasteiger partial charge in [-0.15, -0.1) is 11.3 Å². The van der Waals surface area contributed by atoms with Gasteiger partial charge in [0, 0.05) is 30.3 Å². The fraction of sp³-hybridized carbons (Fsp3) is 0.722. The first-order chi connectivity index (χ1) is 11.5. The molecule has 2 fully saturated rings. The maximum absolute atomic E-state index is 12.5. The predicted molar refractivity (Wildman–Crippen MR) is 94.7 cm³/mol. The van der Waals surface area contributed by atoms with Gasteiger partial charge in [-0.1, -0.05) is 26.7 Å². The van der Waals surface area contributed by atoms with E-state index < -0.39 is 0 Å². The first-order valence-corrected chi connectivity index (χ1v) is 9.94. The summed E-state index contributed by atoms with van der Waals surface area (Å²) in [5.74, 6) is 0.631. The first-order valence-electron chi connectivity index (χ1n) is 9.06. The largest absolute Gasteiger partial charge is 0.350 e. The van der Waals surface area contributed by atoms with Crippen LogP contribution in [0.5, 0.6) is 0 Å². The summed E-state index contributed by atoms with van der Waals surface area (Å²) in [6.45, 7) is 5.31. The second-order valence-electron chi connectivity index (χ2n) is 7.27. The number of amides is 2. The molecule has 132 valence electrons. The summed E-state index contributed by atoms with van der Waals surface area (Å²) in [5, 5.41) is 6.14. The third kappa shape index (κ3) is 3.97. The van der Waals surface area contributed by atoms with Crippen molar-refractivity contribution in [2.45, 2.75) is 70.9 Å². The second kappa shape index (κ2) is 7.64. The van der Waals surface area contributed by atoms with E-state index in [9.17, 15) is 9.59 Å². The van der Waals surface area contributed by atoms with Crippen LogP contribution < -0.4 is 5.32 Å². The van der Waals surface area contributed by atoms with Crippen LogP contribution in [0, 0.1) is 5.92 Å². The van der Waals surface area contributed by atoms with Crippen LogP contribution in [0.3, 0.4) is 0 Å². The van der Waals surface area contributed by atoms with Gasteiger partial charge in [0.2, 0.25) is 11.8 Å². The lowest BCUT2D eigenvalue weighted by atomic mass is 9.95. The van der Waals surface area contributed by atoms with Gasteiger partial charge in [0.05, 0.1) is 23.2 Å². The summed E-state index contributed by atoms with van der Waals surface area (Å²) >= 11 is 1.65. The summed E-state index contributed by atoms with van der Waals surface area (Å²) in [7, 11) is 0. The van der Waals surface area contributed by atoms with Crippen LogP contribution in [-0.2, 0) is 16.1 Å². The van der Waals surface area contributed by atoms with E-state index >= 15 is 0 Å². The molecule has 0 aromatic carbocycles. The predicted octanol–water partition coefficient (Wildman–Crippen LogP) is 3.06. The molecular weight excluding hydrogens is 322 g/mol. The summed E-state index contributed by atoms with van der Waals surface area (Å²) in [6.07, 6.45) is 5.76. The zero-order chi connectivity index (χ0) is 17.1. The quantitative estimate of drug-likeness (QED) is 0.889. The molecule has 0 spiro atoms. The van der Waals surface area contributed by atoms with Crippen molar-refractivity contribution in [1.82, 2.24) is 15.2 Å². The number of nitrogens with one attached hydrogen (secondary N) is 1. The highest BCUT2D eigenvalue weighted by Crippen LogP contribution is 2.28. The van der Waals surface area contributed by atoms with E-state index in [1.54, 1.807) is 11.3 Å². The number of piperidine rings is 1. The third-order valence-electron chi connectivity index (χ3n) is 5.09. The van der Waals surface area contributed by atoms with Crippen LogP contribution in [0.4, 0.5) is 0 Å². The Morgan fingerprint density at radius 1 is 1.38 bits per heavy atom. The first kappa shape index (κ1) is 17.4. The Bertz CT molecular complexity index is 593. The van der Waals surface area contributed by atoms with Crippen LogP contribution in [0.15, 0.2) is 5.38 Å². The number of rotatable bonds is 5. The molecule has 0 bridgehead atoms. The normalized spacial score (nSPS) is 22.4. The summed E-state index contributed by atoms with van der Waals surface area (Å²) in [4.78, 5) is 31.2. The third-order valence-corrected chi connectivity index (χ3v) is 6.28. The average Bonchev–Trinajstić information content (AvgIpc) is 3.24. The highest BCUT2D eigenvalue weighted by Gasteiger charge is 2.35. The minimum atomic E-state index is -0.0773. The maximum Gasteiger partial charge on any atom is 0.225 e. The highest BCUT2D eigenvalue weighted by atomic mass is 32.1. The standard InChI is InChI=1S/C18H27N3O2S/c1-12(2)18-20-14(11-24-18)9-19-17(23)13-7-8-16(22)21(10-13)15-5-3-4-6-15/h11-13,15H,3-10H2,1-2H3,(H,19,23). The molecule has 0 radical (unpaired) electrons. The minimum Gasteiger partial charge on any atom is -0.350 e. The minimum absolute atomic E-state index is 0.0598. The number of carbonyl (C=O) groups is 2. The molecular formula is C18H27N3O2S. The van der Waals surface area contributed by atoms with Gasteiger partial charge in [-0.25, -0.2) is 4.98 Å². The van der Waals surface area contributed by atoms with Crippen molar-refractivity contribution in [3.05, 3.63) is 16.1 Å². The van der Waals surface area contributed by atoms with Crippen LogP contribution in [0.25, 0.3) is 0 Å². The van der Waals surface area contributed by atoms with Gasteiger partial charge in [0.1, 0.15) is 0 Å². The molecule has 1 atom stereocenters.